The minimum absolute atomic E-state index is 0.284. The van der Waals surface area contributed by atoms with Crippen LogP contribution >= 0.6 is 11.6 Å². The van der Waals surface area contributed by atoms with E-state index in [0.717, 1.165) is 5.56 Å². The number of para-hydroxylation sites is 1. The first-order valence-corrected chi connectivity index (χ1v) is 11.3. The molecule has 0 saturated heterocycles. The van der Waals surface area contributed by atoms with Gasteiger partial charge < -0.3 is 19.9 Å². The molecule has 3 rings (SSSR count). The molecule has 0 aliphatic heterocycles. The molecule has 7 heteroatoms. The zero-order chi connectivity index (χ0) is 23.3. The van der Waals surface area contributed by atoms with Gasteiger partial charge in [0.2, 0.25) is 0 Å². The van der Waals surface area contributed by atoms with Crippen LogP contribution in [-0.4, -0.2) is 53.0 Å². The zero-order valence-electron chi connectivity index (χ0n) is 19.1. The molecule has 6 nitrogen and oxygen atoms in total. The van der Waals surface area contributed by atoms with Crippen LogP contribution in [0.25, 0.3) is 0 Å². The van der Waals surface area contributed by atoms with Crippen LogP contribution in [0.15, 0.2) is 54.6 Å². The molecule has 1 aliphatic carbocycles. The summed E-state index contributed by atoms with van der Waals surface area (Å²) in [6.07, 6.45) is -0.402. The number of aliphatic hydroxyl groups excluding tert-OH is 1. The Labute approximate surface area is 195 Å². The minimum Gasteiger partial charge on any atom is -0.488 e. The summed E-state index contributed by atoms with van der Waals surface area (Å²) in [6.45, 7) is 6.08. The summed E-state index contributed by atoms with van der Waals surface area (Å²) >= 11 is 6.02. The Kier molecular flexibility index (Phi) is 8.04. The topological polar surface area (TPSA) is 71.0 Å². The fourth-order valence-electron chi connectivity index (χ4n) is 4.11. The molecule has 1 aliphatic rings. The number of halogens is 1. The van der Waals surface area contributed by atoms with E-state index < -0.39 is 17.8 Å². The molecule has 1 amide bonds. The maximum atomic E-state index is 12.5. The number of amides is 1. The number of likely N-dealkylation sites (N-methyl/N-ethyl adjacent to an activating group) is 1. The molecule has 1 fully saturated rings. The highest BCUT2D eigenvalue weighted by Crippen LogP contribution is 2.29. The second-order valence-corrected chi connectivity index (χ2v) is 9.76. The van der Waals surface area contributed by atoms with Gasteiger partial charge in [0.1, 0.15) is 23.6 Å². The normalized spacial score (nSPS) is 23.6. The van der Waals surface area contributed by atoms with E-state index in [2.05, 4.69) is 10.2 Å². The van der Waals surface area contributed by atoms with Crippen molar-refractivity contribution in [3.63, 3.8) is 0 Å². The van der Waals surface area contributed by atoms with Gasteiger partial charge in [-0.05, 0) is 70.5 Å². The van der Waals surface area contributed by atoms with Gasteiger partial charge >= 0.3 is 6.09 Å². The van der Waals surface area contributed by atoms with Crippen molar-refractivity contribution in [3.05, 3.63) is 65.2 Å². The van der Waals surface area contributed by atoms with E-state index in [-0.39, 0.29) is 18.2 Å². The molecule has 174 valence electrons. The molecule has 0 heterocycles. The van der Waals surface area contributed by atoms with Gasteiger partial charge in [-0.3, -0.25) is 4.90 Å². The summed E-state index contributed by atoms with van der Waals surface area (Å²) in [6, 6.07) is 16.5. The third-order valence-electron chi connectivity index (χ3n) is 5.49. The molecule has 2 aromatic carbocycles. The number of nitrogens with zero attached hydrogens (tertiary/aromatic N) is 1. The lowest BCUT2D eigenvalue weighted by atomic mass is 9.84. The van der Waals surface area contributed by atoms with Gasteiger partial charge in [0.25, 0.3) is 0 Å². The van der Waals surface area contributed by atoms with E-state index in [0.29, 0.717) is 30.2 Å². The molecule has 0 spiro atoms. The number of hydrogen-bond donors (Lipinski definition) is 2. The fourth-order valence-corrected chi connectivity index (χ4v) is 4.24. The Hall–Kier alpha value is -2.28. The maximum Gasteiger partial charge on any atom is 0.407 e. The predicted molar refractivity (Wildman–Crippen MR) is 126 cm³/mol. The van der Waals surface area contributed by atoms with Crippen molar-refractivity contribution in [1.29, 1.82) is 0 Å². The van der Waals surface area contributed by atoms with Crippen molar-refractivity contribution in [2.75, 3.05) is 7.05 Å². The Bertz CT molecular complexity index is 870. The van der Waals surface area contributed by atoms with Crippen LogP contribution in [0.1, 0.15) is 39.2 Å². The lowest BCUT2D eigenvalue weighted by molar-refractivity contribution is -0.0632. The Morgan fingerprint density at radius 2 is 1.78 bits per heavy atom. The van der Waals surface area contributed by atoms with E-state index in [1.165, 1.54) is 0 Å². The van der Waals surface area contributed by atoms with Crippen LogP contribution in [0.5, 0.6) is 5.75 Å². The summed E-state index contributed by atoms with van der Waals surface area (Å²) in [7, 11) is 1.94. The first kappa shape index (κ1) is 24.4. The first-order chi connectivity index (χ1) is 15.1. The molecule has 2 N–H and O–H groups in total. The van der Waals surface area contributed by atoms with Gasteiger partial charge in [-0.1, -0.05) is 41.9 Å². The van der Waals surface area contributed by atoms with Crippen LogP contribution in [0.3, 0.4) is 0 Å². The Morgan fingerprint density at radius 3 is 2.41 bits per heavy atom. The second-order valence-electron chi connectivity index (χ2n) is 9.32. The van der Waals surface area contributed by atoms with Crippen molar-refractivity contribution >= 4 is 17.7 Å². The highest BCUT2D eigenvalue weighted by molar-refractivity contribution is 6.30. The molecule has 4 atom stereocenters. The van der Waals surface area contributed by atoms with Crippen LogP contribution in [0, 0.1) is 0 Å². The summed E-state index contributed by atoms with van der Waals surface area (Å²) in [5.74, 6) is 0.717. The highest BCUT2D eigenvalue weighted by Gasteiger charge is 2.43. The number of carbonyl (C=O) groups excluding carboxylic acids is 1. The number of carbonyl (C=O) groups is 1. The van der Waals surface area contributed by atoms with Gasteiger partial charge in [0.05, 0.1) is 12.1 Å². The molecule has 0 aromatic heterocycles. The van der Waals surface area contributed by atoms with Crippen molar-refractivity contribution in [1.82, 2.24) is 10.2 Å². The predicted octanol–water partition coefficient (Wildman–Crippen LogP) is 4.64. The molecule has 2 aromatic rings. The summed E-state index contributed by atoms with van der Waals surface area (Å²) in [4.78, 5) is 14.5. The molecule has 32 heavy (non-hydrogen) atoms. The average molecular weight is 461 g/mol. The smallest absolute Gasteiger partial charge is 0.407 e. The number of ether oxygens (including phenoxy) is 2. The number of rotatable bonds is 6. The third kappa shape index (κ3) is 6.86. The van der Waals surface area contributed by atoms with E-state index in [9.17, 15) is 9.90 Å². The monoisotopic (exact) mass is 460 g/mol. The molecule has 0 radical (unpaired) electrons. The number of alkyl carbamates (subject to hydrolysis) is 1. The first-order valence-electron chi connectivity index (χ1n) is 11.0. The maximum absolute atomic E-state index is 12.5. The van der Waals surface area contributed by atoms with Crippen molar-refractivity contribution in [2.24, 2.45) is 0 Å². The number of aliphatic hydroxyl groups is 1. The second kappa shape index (κ2) is 10.6. The summed E-state index contributed by atoms with van der Waals surface area (Å²) in [5.41, 5.74) is 0.465. The van der Waals surface area contributed by atoms with Crippen molar-refractivity contribution < 1.29 is 19.4 Å². The van der Waals surface area contributed by atoms with E-state index in [4.69, 9.17) is 21.1 Å². The molecular weight excluding hydrogens is 428 g/mol. The Balaban J connectivity index is 1.77. The standard InChI is InChI=1S/C25H33ClN2O4/c1-25(2,3)32-24(30)27-20-14-15-21(31-19-8-6-5-7-9-19)23(29)22(20)28(4)16-17-10-12-18(26)13-11-17/h5-13,20-23,29H,14-16H2,1-4H3,(H,27,30)/t20-,21-,22+,23+/m1/s1. The lowest BCUT2D eigenvalue weighted by Crippen LogP contribution is -2.63. The summed E-state index contributed by atoms with van der Waals surface area (Å²) in [5, 5.41) is 15.0. The fraction of sp³-hybridized carbons (Fsp3) is 0.480. The molecule has 1 saturated carbocycles. The van der Waals surface area contributed by atoms with E-state index >= 15 is 0 Å². The van der Waals surface area contributed by atoms with E-state index in [1.807, 2.05) is 82.4 Å². The third-order valence-corrected chi connectivity index (χ3v) is 5.74. The van der Waals surface area contributed by atoms with Crippen LogP contribution < -0.4 is 10.1 Å². The summed E-state index contributed by atoms with van der Waals surface area (Å²) < 4.78 is 11.6. The Morgan fingerprint density at radius 1 is 1.12 bits per heavy atom. The van der Waals surface area contributed by atoms with Crippen LogP contribution in [-0.2, 0) is 11.3 Å². The molecule has 0 unspecified atom stereocenters. The van der Waals surface area contributed by atoms with Crippen molar-refractivity contribution in [3.8, 4) is 5.75 Å². The lowest BCUT2D eigenvalue weighted by Gasteiger charge is -2.44. The van der Waals surface area contributed by atoms with Gasteiger partial charge in [0.15, 0.2) is 0 Å². The molecular formula is C25H33ClN2O4. The van der Waals surface area contributed by atoms with Gasteiger partial charge in [-0.15, -0.1) is 0 Å². The van der Waals surface area contributed by atoms with Crippen molar-refractivity contribution in [2.45, 2.75) is 70.1 Å². The van der Waals surface area contributed by atoms with Gasteiger partial charge in [-0.2, -0.15) is 0 Å². The van der Waals surface area contributed by atoms with E-state index in [1.54, 1.807) is 0 Å². The number of benzene rings is 2. The molecule has 0 bridgehead atoms. The van der Waals surface area contributed by atoms with Crippen LogP contribution in [0.2, 0.25) is 5.02 Å². The number of nitrogens with one attached hydrogen (secondary N) is 1. The highest BCUT2D eigenvalue weighted by atomic mass is 35.5. The van der Waals surface area contributed by atoms with Gasteiger partial charge in [0, 0.05) is 11.6 Å². The number of hydrogen-bond acceptors (Lipinski definition) is 5. The average Bonchev–Trinajstić information content (AvgIpc) is 2.71. The van der Waals surface area contributed by atoms with Gasteiger partial charge in [-0.25, -0.2) is 4.79 Å². The van der Waals surface area contributed by atoms with Crippen LogP contribution in [0.4, 0.5) is 4.79 Å². The largest absolute Gasteiger partial charge is 0.488 e. The minimum atomic E-state index is -0.804. The quantitative estimate of drug-likeness (QED) is 0.657. The zero-order valence-corrected chi connectivity index (χ0v) is 19.9. The SMILES string of the molecule is CN(Cc1ccc(Cl)cc1)[C@@H]1[C@@H](O)[C@H](Oc2ccccc2)CC[C@H]1NC(=O)OC(C)(C)C.